The molecule has 0 fully saturated rings. The van der Waals surface area contributed by atoms with Gasteiger partial charge in [0, 0.05) is 25.5 Å². The Morgan fingerprint density at radius 1 is 1.56 bits per heavy atom. The first-order valence-corrected chi connectivity index (χ1v) is 5.97. The molecule has 1 aromatic rings. The number of ether oxygens (including phenoxy) is 1. The summed E-state index contributed by atoms with van der Waals surface area (Å²) in [7, 11) is 1.53. The van der Waals surface area contributed by atoms with E-state index in [0.717, 1.165) is 11.3 Å². The topological polar surface area (TPSA) is 71.5 Å². The fraction of sp³-hybridized carbons (Fsp3) is 0.538. The van der Waals surface area contributed by atoms with Gasteiger partial charge in [-0.1, -0.05) is 6.07 Å². The molecule has 1 heterocycles. The Morgan fingerprint density at radius 2 is 2.33 bits per heavy atom. The number of carbonyl (C=O) groups excluding carboxylic acids is 1. The average Bonchev–Trinajstić information content (AvgIpc) is 2.32. The molecule has 1 aromatic heterocycles. The van der Waals surface area contributed by atoms with Crippen molar-refractivity contribution in [2.75, 3.05) is 20.3 Å². The van der Waals surface area contributed by atoms with Crippen molar-refractivity contribution in [2.24, 2.45) is 0 Å². The summed E-state index contributed by atoms with van der Waals surface area (Å²) >= 11 is 0. The lowest BCUT2D eigenvalue weighted by molar-refractivity contribution is -0.120. The van der Waals surface area contributed by atoms with Crippen molar-refractivity contribution in [2.45, 2.75) is 25.9 Å². The molecule has 1 rings (SSSR count). The molecule has 5 heteroatoms. The fourth-order valence-corrected chi connectivity index (χ4v) is 1.50. The lowest BCUT2D eigenvalue weighted by atomic mass is 10.2. The Bertz CT molecular complexity index is 365. The van der Waals surface area contributed by atoms with Crippen molar-refractivity contribution in [1.29, 1.82) is 0 Å². The minimum absolute atomic E-state index is 0.0646. The van der Waals surface area contributed by atoms with E-state index in [1.54, 1.807) is 6.20 Å². The quantitative estimate of drug-likeness (QED) is 0.739. The summed E-state index contributed by atoms with van der Waals surface area (Å²) in [5, 5.41) is 12.1. The van der Waals surface area contributed by atoms with Gasteiger partial charge >= 0.3 is 0 Å². The third-order valence-corrected chi connectivity index (χ3v) is 2.50. The molecule has 5 nitrogen and oxygen atoms in total. The van der Waals surface area contributed by atoms with Crippen molar-refractivity contribution >= 4 is 5.91 Å². The summed E-state index contributed by atoms with van der Waals surface area (Å²) < 4.78 is 4.80. The largest absolute Gasteiger partial charge is 0.391 e. The molecular formula is C13H20N2O3. The second kappa shape index (κ2) is 7.79. The zero-order valence-electron chi connectivity index (χ0n) is 10.8. The van der Waals surface area contributed by atoms with Crippen molar-refractivity contribution in [3.8, 4) is 0 Å². The highest BCUT2D eigenvalue weighted by Gasteiger charge is 2.06. The molecule has 0 spiro atoms. The minimum atomic E-state index is -0.531. The predicted molar refractivity (Wildman–Crippen MR) is 68.2 cm³/mol. The monoisotopic (exact) mass is 252 g/mol. The van der Waals surface area contributed by atoms with Gasteiger partial charge in [-0.15, -0.1) is 0 Å². The number of amides is 1. The molecule has 18 heavy (non-hydrogen) atoms. The van der Waals surface area contributed by atoms with E-state index in [1.165, 1.54) is 7.11 Å². The molecule has 1 unspecified atom stereocenters. The van der Waals surface area contributed by atoms with Crippen LogP contribution in [0.1, 0.15) is 17.7 Å². The van der Waals surface area contributed by atoms with Crippen LogP contribution in [0.25, 0.3) is 0 Å². The van der Waals surface area contributed by atoms with Gasteiger partial charge in [0.25, 0.3) is 0 Å². The summed E-state index contributed by atoms with van der Waals surface area (Å²) in [6.45, 7) is 2.64. The number of aryl methyl sites for hydroxylation is 1. The number of pyridine rings is 1. The van der Waals surface area contributed by atoms with Crippen molar-refractivity contribution in [1.82, 2.24) is 10.3 Å². The zero-order valence-corrected chi connectivity index (χ0v) is 10.8. The smallest absolute Gasteiger partial charge is 0.224 e. The molecule has 1 atom stereocenters. The lowest BCUT2D eigenvalue weighted by Gasteiger charge is -2.10. The van der Waals surface area contributed by atoms with Crippen LogP contribution in [0.3, 0.4) is 0 Å². The van der Waals surface area contributed by atoms with Gasteiger partial charge in [-0.25, -0.2) is 0 Å². The first kappa shape index (κ1) is 14.6. The summed E-state index contributed by atoms with van der Waals surface area (Å²) in [6, 6.07) is 3.77. The molecule has 0 aliphatic rings. The maximum Gasteiger partial charge on any atom is 0.224 e. The number of nitrogens with one attached hydrogen (secondary N) is 1. The first-order chi connectivity index (χ1) is 8.61. The number of aliphatic hydroxyl groups excluding tert-OH is 1. The predicted octanol–water partition coefficient (Wildman–Crippen LogP) is 0.446. The number of hydrogen-bond acceptors (Lipinski definition) is 4. The van der Waals surface area contributed by atoms with Crippen LogP contribution in [0.5, 0.6) is 0 Å². The molecule has 0 aromatic carbocycles. The van der Waals surface area contributed by atoms with Gasteiger partial charge in [0.05, 0.1) is 19.1 Å². The normalized spacial score (nSPS) is 12.2. The Balaban J connectivity index is 2.23. The number of nitrogens with zero attached hydrogens (tertiary/aromatic N) is 1. The van der Waals surface area contributed by atoms with E-state index in [4.69, 9.17) is 4.74 Å². The van der Waals surface area contributed by atoms with E-state index < -0.39 is 6.10 Å². The van der Waals surface area contributed by atoms with Crippen LogP contribution in [-0.2, 0) is 16.0 Å². The van der Waals surface area contributed by atoms with E-state index in [2.05, 4.69) is 10.3 Å². The number of methoxy groups -OCH3 is 1. The summed E-state index contributed by atoms with van der Waals surface area (Å²) in [5.74, 6) is -0.0646. The third kappa shape index (κ3) is 5.75. The van der Waals surface area contributed by atoms with E-state index in [9.17, 15) is 9.90 Å². The summed E-state index contributed by atoms with van der Waals surface area (Å²) in [6.07, 6.45) is 1.98. The van der Waals surface area contributed by atoms with Crippen LogP contribution >= 0.6 is 0 Å². The third-order valence-electron chi connectivity index (χ3n) is 2.50. The highest BCUT2D eigenvalue weighted by molar-refractivity contribution is 5.78. The zero-order chi connectivity index (χ0) is 13.4. The van der Waals surface area contributed by atoms with Gasteiger partial charge in [-0.3, -0.25) is 9.78 Å². The SMILES string of the molecule is COCC(O)CCNC(=O)Cc1ccc(C)nc1. The van der Waals surface area contributed by atoms with E-state index >= 15 is 0 Å². The number of aliphatic hydroxyl groups is 1. The van der Waals surface area contributed by atoms with E-state index in [0.29, 0.717) is 19.4 Å². The molecule has 0 saturated heterocycles. The molecule has 0 bridgehead atoms. The molecular weight excluding hydrogens is 232 g/mol. The van der Waals surface area contributed by atoms with Crippen molar-refractivity contribution in [3.63, 3.8) is 0 Å². The number of carbonyl (C=O) groups is 1. The average molecular weight is 252 g/mol. The standard InChI is InChI=1S/C13H20N2O3/c1-10-3-4-11(8-15-10)7-13(17)14-6-5-12(16)9-18-2/h3-4,8,12,16H,5-7,9H2,1-2H3,(H,14,17). The van der Waals surface area contributed by atoms with E-state index in [-0.39, 0.29) is 12.5 Å². The number of rotatable bonds is 7. The lowest BCUT2D eigenvalue weighted by Crippen LogP contribution is -2.29. The fourth-order valence-electron chi connectivity index (χ4n) is 1.50. The van der Waals surface area contributed by atoms with Gasteiger partial charge in [-0.2, -0.15) is 0 Å². The van der Waals surface area contributed by atoms with Gasteiger partial charge < -0.3 is 15.2 Å². The van der Waals surface area contributed by atoms with Gasteiger partial charge in [0.2, 0.25) is 5.91 Å². The molecule has 0 radical (unpaired) electrons. The Hall–Kier alpha value is -1.46. The van der Waals surface area contributed by atoms with Crippen LogP contribution in [0.4, 0.5) is 0 Å². The van der Waals surface area contributed by atoms with Crippen LogP contribution in [-0.4, -0.2) is 42.4 Å². The Morgan fingerprint density at radius 3 is 2.94 bits per heavy atom. The molecule has 2 N–H and O–H groups in total. The Kier molecular flexibility index (Phi) is 6.32. The van der Waals surface area contributed by atoms with Crippen molar-refractivity contribution < 1.29 is 14.6 Å². The second-order valence-corrected chi connectivity index (χ2v) is 4.23. The highest BCUT2D eigenvalue weighted by Crippen LogP contribution is 2.00. The molecule has 1 amide bonds. The summed E-state index contributed by atoms with van der Waals surface area (Å²) in [4.78, 5) is 15.7. The maximum absolute atomic E-state index is 11.6. The van der Waals surface area contributed by atoms with Gasteiger partial charge in [-0.05, 0) is 25.0 Å². The Labute approximate surface area is 107 Å². The number of hydrogen-bond donors (Lipinski definition) is 2. The summed E-state index contributed by atoms with van der Waals surface area (Å²) in [5.41, 5.74) is 1.82. The van der Waals surface area contributed by atoms with Crippen LogP contribution in [0, 0.1) is 6.92 Å². The molecule has 0 aliphatic carbocycles. The molecule has 0 saturated carbocycles. The first-order valence-electron chi connectivity index (χ1n) is 5.97. The second-order valence-electron chi connectivity index (χ2n) is 4.23. The maximum atomic E-state index is 11.6. The van der Waals surface area contributed by atoms with E-state index in [1.807, 2.05) is 19.1 Å². The molecule has 100 valence electrons. The van der Waals surface area contributed by atoms with Crippen molar-refractivity contribution in [3.05, 3.63) is 29.6 Å². The van der Waals surface area contributed by atoms with Gasteiger partial charge in [0.15, 0.2) is 0 Å². The minimum Gasteiger partial charge on any atom is -0.391 e. The van der Waals surface area contributed by atoms with Crippen LogP contribution < -0.4 is 5.32 Å². The van der Waals surface area contributed by atoms with Crippen LogP contribution in [0.15, 0.2) is 18.3 Å². The highest BCUT2D eigenvalue weighted by atomic mass is 16.5. The van der Waals surface area contributed by atoms with Crippen LogP contribution in [0.2, 0.25) is 0 Å². The molecule has 0 aliphatic heterocycles. The number of aromatic nitrogens is 1. The van der Waals surface area contributed by atoms with Gasteiger partial charge in [0.1, 0.15) is 0 Å².